The van der Waals surface area contributed by atoms with E-state index in [2.05, 4.69) is 0 Å². The topological polar surface area (TPSA) is 148 Å². The van der Waals surface area contributed by atoms with E-state index in [1.807, 2.05) is 0 Å². The van der Waals surface area contributed by atoms with Crippen LogP contribution in [0.3, 0.4) is 0 Å². The summed E-state index contributed by atoms with van der Waals surface area (Å²) in [7, 11) is 0. The Bertz CT molecular complexity index is 510. The number of nitro groups is 1. The summed E-state index contributed by atoms with van der Waals surface area (Å²) in [6.45, 7) is -0.554. The molecule has 0 amide bonds. The van der Waals surface area contributed by atoms with Crippen LogP contribution in [0.2, 0.25) is 0 Å². The molecule has 1 aromatic rings. The summed E-state index contributed by atoms with van der Waals surface area (Å²) in [4.78, 5) is 10.3. The highest BCUT2D eigenvalue weighted by atomic mass is 16.7. The van der Waals surface area contributed by atoms with Crippen LogP contribution in [0.25, 0.3) is 0 Å². The average molecular weight is 300 g/mol. The quantitative estimate of drug-likeness (QED) is 0.397. The second-order valence-electron chi connectivity index (χ2n) is 4.63. The van der Waals surface area contributed by atoms with Crippen molar-refractivity contribution >= 4 is 5.69 Å². The van der Waals surface area contributed by atoms with Crippen LogP contribution < -0.4 is 10.5 Å². The first-order valence-corrected chi connectivity index (χ1v) is 6.23. The van der Waals surface area contributed by atoms with Gasteiger partial charge in [0.2, 0.25) is 6.29 Å². The van der Waals surface area contributed by atoms with Crippen LogP contribution in [0.4, 0.5) is 5.69 Å². The Morgan fingerprint density at radius 2 is 2.00 bits per heavy atom. The lowest BCUT2D eigenvalue weighted by Gasteiger charge is -2.40. The Kier molecular flexibility index (Phi) is 4.70. The maximum absolute atomic E-state index is 10.9. The van der Waals surface area contributed by atoms with E-state index in [0.29, 0.717) is 0 Å². The molecule has 0 spiro atoms. The number of nitrogens with zero attached hydrogens (tertiary/aromatic N) is 1. The molecule has 9 heteroatoms. The Morgan fingerprint density at radius 1 is 1.33 bits per heavy atom. The number of aliphatic hydroxyl groups excluding tert-OH is 3. The van der Waals surface area contributed by atoms with Crippen molar-refractivity contribution in [3.8, 4) is 5.75 Å². The molecule has 1 fully saturated rings. The van der Waals surface area contributed by atoms with E-state index < -0.39 is 42.2 Å². The predicted molar refractivity (Wildman–Crippen MR) is 69.5 cm³/mol. The van der Waals surface area contributed by atoms with Crippen molar-refractivity contribution in [2.45, 2.75) is 30.6 Å². The van der Waals surface area contributed by atoms with Gasteiger partial charge < -0.3 is 30.5 Å². The Morgan fingerprint density at radius 3 is 2.62 bits per heavy atom. The number of ether oxygens (including phenoxy) is 2. The molecule has 0 radical (unpaired) electrons. The first kappa shape index (κ1) is 15.6. The molecule has 1 aliphatic heterocycles. The van der Waals surface area contributed by atoms with Crippen LogP contribution in [0.15, 0.2) is 24.3 Å². The molecule has 116 valence electrons. The Hall–Kier alpha value is -1.78. The summed E-state index contributed by atoms with van der Waals surface area (Å²) in [5, 5.41) is 39.4. The number of aliphatic hydroxyl groups is 3. The maximum Gasteiger partial charge on any atom is 0.311 e. The Balaban J connectivity index is 2.20. The second kappa shape index (κ2) is 6.33. The average Bonchev–Trinajstić information content (AvgIpc) is 2.48. The highest BCUT2D eigenvalue weighted by Crippen LogP contribution is 2.29. The van der Waals surface area contributed by atoms with E-state index >= 15 is 0 Å². The standard InChI is InChI=1S/C12H16N2O7/c13-9-11(17)10(16)8(5-15)21-12(9)20-7-4-2-1-3-6(7)14(18)19/h1-4,8-12,15-17H,5,13H2/t8-,9-,10-,11-,12-/m1/s1. The molecule has 0 unspecified atom stereocenters. The zero-order valence-electron chi connectivity index (χ0n) is 10.9. The number of para-hydroxylation sites is 2. The van der Waals surface area contributed by atoms with E-state index in [9.17, 15) is 20.3 Å². The van der Waals surface area contributed by atoms with Crippen molar-refractivity contribution < 1.29 is 29.7 Å². The van der Waals surface area contributed by atoms with Crippen LogP contribution in [0.5, 0.6) is 5.75 Å². The van der Waals surface area contributed by atoms with E-state index in [1.54, 1.807) is 0 Å². The molecular formula is C12H16N2O7. The maximum atomic E-state index is 10.9. The van der Waals surface area contributed by atoms with Crippen molar-refractivity contribution in [1.82, 2.24) is 0 Å². The summed E-state index contributed by atoms with van der Waals surface area (Å²) < 4.78 is 10.6. The summed E-state index contributed by atoms with van der Waals surface area (Å²) in [6.07, 6.45) is -5.08. The van der Waals surface area contributed by atoms with Gasteiger partial charge in [-0.05, 0) is 6.07 Å². The van der Waals surface area contributed by atoms with E-state index in [1.165, 1.54) is 24.3 Å². The predicted octanol–water partition coefficient (Wildman–Crippen LogP) is -1.26. The molecule has 5 atom stereocenters. The first-order valence-electron chi connectivity index (χ1n) is 6.23. The highest BCUT2D eigenvalue weighted by molar-refractivity contribution is 5.45. The molecular weight excluding hydrogens is 284 g/mol. The van der Waals surface area contributed by atoms with Gasteiger partial charge in [0.15, 0.2) is 5.75 Å². The fraction of sp³-hybridized carbons (Fsp3) is 0.500. The van der Waals surface area contributed by atoms with Gasteiger partial charge in [-0.3, -0.25) is 10.1 Å². The smallest absolute Gasteiger partial charge is 0.311 e. The fourth-order valence-corrected chi connectivity index (χ4v) is 2.04. The third-order valence-electron chi connectivity index (χ3n) is 3.23. The molecule has 1 aromatic carbocycles. The molecule has 21 heavy (non-hydrogen) atoms. The first-order chi connectivity index (χ1) is 9.95. The van der Waals surface area contributed by atoms with Crippen molar-refractivity contribution in [1.29, 1.82) is 0 Å². The van der Waals surface area contributed by atoms with Crippen LogP contribution in [-0.2, 0) is 4.74 Å². The normalized spacial score (nSPS) is 32.7. The number of rotatable bonds is 4. The van der Waals surface area contributed by atoms with Gasteiger partial charge in [0.1, 0.15) is 18.3 Å². The van der Waals surface area contributed by atoms with Gasteiger partial charge in [0.25, 0.3) is 0 Å². The molecule has 1 saturated heterocycles. The summed E-state index contributed by atoms with van der Waals surface area (Å²) in [6, 6.07) is 4.49. The second-order valence-corrected chi connectivity index (χ2v) is 4.63. The monoisotopic (exact) mass is 300 g/mol. The summed E-state index contributed by atoms with van der Waals surface area (Å²) >= 11 is 0. The lowest BCUT2D eigenvalue weighted by molar-refractivity contribution is -0.386. The SMILES string of the molecule is N[C@H]1[C@H](Oc2ccccc2[N+](=O)[O-])O[C@H](CO)[C@@H](O)[C@@H]1O. The van der Waals surface area contributed by atoms with Crippen molar-refractivity contribution in [2.75, 3.05) is 6.61 Å². The van der Waals surface area contributed by atoms with E-state index in [-0.39, 0.29) is 11.4 Å². The van der Waals surface area contributed by atoms with E-state index in [0.717, 1.165) is 0 Å². The molecule has 1 heterocycles. The van der Waals surface area contributed by atoms with Crippen LogP contribution >= 0.6 is 0 Å². The third kappa shape index (κ3) is 3.12. The number of nitro benzene ring substituents is 1. The minimum atomic E-state index is -1.39. The molecule has 0 bridgehead atoms. The number of hydrogen-bond acceptors (Lipinski definition) is 8. The van der Waals surface area contributed by atoms with Gasteiger partial charge in [0, 0.05) is 6.07 Å². The summed E-state index contributed by atoms with van der Waals surface area (Å²) in [5.74, 6) is -0.0803. The van der Waals surface area contributed by atoms with E-state index in [4.69, 9.17) is 20.3 Å². The third-order valence-corrected chi connectivity index (χ3v) is 3.23. The summed E-state index contributed by atoms with van der Waals surface area (Å²) in [5.41, 5.74) is 5.41. The van der Waals surface area contributed by atoms with Crippen molar-refractivity contribution in [3.63, 3.8) is 0 Å². The number of hydrogen-bond donors (Lipinski definition) is 4. The van der Waals surface area contributed by atoms with Gasteiger partial charge in [0.05, 0.1) is 17.6 Å². The van der Waals surface area contributed by atoms with Gasteiger partial charge in [-0.2, -0.15) is 0 Å². The van der Waals surface area contributed by atoms with Crippen LogP contribution in [0, 0.1) is 10.1 Å². The van der Waals surface area contributed by atoms with Gasteiger partial charge in [-0.15, -0.1) is 0 Å². The molecule has 0 saturated carbocycles. The van der Waals surface area contributed by atoms with Crippen LogP contribution in [-0.4, -0.2) is 57.5 Å². The van der Waals surface area contributed by atoms with Gasteiger partial charge in [-0.1, -0.05) is 12.1 Å². The van der Waals surface area contributed by atoms with Crippen LogP contribution in [0.1, 0.15) is 0 Å². The number of nitrogens with two attached hydrogens (primary N) is 1. The lowest BCUT2D eigenvalue weighted by atomic mass is 9.98. The van der Waals surface area contributed by atoms with Crippen molar-refractivity contribution in [3.05, 3.63) is 34.4 Å². The fourth-order valence-electron chi connectivity index (χ4n) is 2.04. The molecule has 5 N–H and O–H groups in total. The molecule has 1 aliphatic rings. The molecule has 9 nitrogen and oxygen atoms in total. The lowest BCUT2D eigenvalue weighted by Crippen LogP contribution is -2.63. The van der Waals surface area contributed by atoms with Crippen molar-refractivity contribution in [2.24, 2.45) is 5.73 Å². The minimum absolute atomic E-state index is 0.0803. The van der Waals surface area contributed by atoms with Gasteiger partial charge in [-0.25, -0.2) is 0 Å². The molecule has 2 rings (SSSR count). The Labute approximate surface area is 119 Å². The van der Waals surface area contributed by atoms with Gasteiger partial charge >= 0.3 is 5.69 Å². The minimum Gasteiger partial charge on any atom is -0.456 e. The zero-order valence-corrected chi connectivity index (χ0v) is 10.9. The number of benzene rings is 1. The zero-order chi connectivity index (χ0) is 15.6. The molecule has 0 aromatic heterocycles. The molecule has 0 aliphatic carbocycles. The highest BCUT2D eigenvalue weighted by Gasteiger charge is 2.44. The largest absolute Gasteiger partial charge is 0.456 e.